The molecule has 0 spiro atoms. The van der Waals surface area contributed by atoms with E-state index in [0.717, 1.165) is 34.4 Å². The van der Waals surface area contributed by atoms with Gasteiger partial charge in [-0.3, -0.25) is 4.79 Å². The van der Waals surface area contributed by atoms with E-state index in [1.54, 1.807) is 7.11 Å². The second-order valence-electron chi connectivity index (χ2n) is 13.1. The number of hydrogen-bond donors (Lipinski definition) is 0. The van der Waals surface area contributed by atoms with Crippen molar-refractivity contribution in [2.75, 3.05) is 40.8 Å². The largest absolute Gasteiger partial charge is 0.497 e. The lowest BCUT2D eigenvalue weighted by molar-refractivity contribution is -0.146. The van der Waals surface area contributed by atoms with Crippen LogP contribution in [0, 0.1) is 5.92 Å². The van der Waals surface area contributed by atoms with Crippen LogP contribution >= 0.6 is 0 Å². The summed E-state index contributed by atoms with van der Waals surface area (Å²) in [6, 6.07) is 17.8. The van der Waals surface area contributed by atoms with Crippen LogP contribution in [-0.2, 0) is 14.0 Å². The molecule has 8 nitrogen and oxygen atoms in total. The topological polar surface area (TPSA) is 81.7 Å². The number of hydrogen-bond acceptors (Lipinski definition) is 8. The molecule has 5 rings (SSSR count). The Kier molecular flexibility index (Phi) is 9.70. The fourth-order valence-electron chi connectivity index (χ4n) is 5.95. The third-order valence-electron chi connectivity index (χ3n) is 9.31. The van der Waals surface area contributed by atoms with Gasteiger partial charge in [-0.05, 0) is 71.6 Å². The first-order valence-electron chi connectivity index (χ1n) is 15.7. The minimum Gasteiger partial charge on any atom is -0.497 e. The lowest BCUT2D eigenvalue weighted by atomic mass is 9.79. The zero-order chi connectivity index (χ0) is 32.4. The molecule has 0 amide bonds. The first-order valence-corrected chi connectivity index (χ1v) is 18.6. The van der Waals surface area contributed by atoms with E-state index in [0.29, 0.717) is 42.8 Å². The number of rotatable bonds is 12. The Labute approximate surface area is 268 Å². The fraction of sp³-hybridized carbons (Fsp3) is 0.472. The molecule has 3 aromatic rings. The van der Waals surface area contributed by atoms with Gasteiger partial charge in [-0.2, -0.15) is 0 Å². The van der Waals surface area contributed by atoms with E-state index in [9.17, 15) is 4.79 Å². The Hall–Kier alpha value is -3.69. The number of fused-ring (bicyclic) bond motifs is 2. The predicted molar refractivity (Wildman–Crippen MR) is 176 cm³/mol. The van der Waals surface area contributed by atoms with Crippen LogP contribution in [0.2, 0.25) is 18.1 Å². The SMILES string of the molecule is CCCOc1ccc2c(c1)[C@@H](c1ccc(OC)cc1OCCO[Si](C)(C)C(C)(C)C)[C@H](C(=O)OC)[C@H]2c1ccc2c(c1)OCO2. The molecule has 0 N–H and O–H groups in total. The fourth-order valence-corrected chi connectivity index (χ4v) is 6.97. The molecule has 2 aliphatic rings. The quantitative estimate of drug-likeness (QED) is 0.114. The van der Waals surface area contributed by atoms with Gasteiger partial charge < -0.3 is 32.8 Å². The lowest BCUT2D eigenvalue weighted by Gasteiger charge is -2.36. The van der Waals surface area contributed by atoms with Crippen LogP contribution in [0.1, 0.15) is 68.2 Å². The Morgan fingerprint density at radius 1 is 0.822 bits per heavy atom. The normalized spacial score (nSPS) is 18.8. The van der Waals surface area contributed by atoms with E-state index in [-0.39, 0.29) is 29.6 Å². The summed E-state index contributed by atoms with van der Waals surface area (Å²) < 4.78 is 41.4. The first kappa shape index (κ1) is 32.7. The summed E-state index contributed by atoms with van der Waals surface area (Å²) in [5, 5.41) is 0.0940. The summed E-state index contributed by atoms with van der Waals surface area (Å²) >= 11 is 0. The van der Waals surface area contributed by atoms with Crippen LogP contribution < -0.4 is 23.7 Å². The van der Waals surface area contributed by atoms with Crippen molar-refractivity contribution in [2.45, 2.75) is 64.1 Å². The molecule has 242 valence electrons. The smallest absolute Gasteiger partial charge is 0.310 e. The maximum atomic E-state index is 13.8. The summed E-state index contributed by atoms with van der Waals surface area (Å²) in [7, 11) is 1.13. The summed E-state index contributed by atoms with van der Waals surface area (Å²) in [5.41, 5.74) is 3.84. The van der Waals surface area contributed by atoms with Crippen molar-refractivity contribution in [3.05, 3.63) is 76.9 Å². The maximum Gasteiger partial charge on any atom is 0.310 e. The molecule has 0 radical (unpaired) electrons. The minimum atomic E-state index is -1.95. The molecule has 0 unspecified atom stereocenters. The molecular formula is C36H46O8Si. The highest BCUT2D eigenvalue weighted by Gasteiger charge is 2.48. The van der Waals surface area contributed by atoms with Crippen molar-refractivity contribution in [1.82, 2.24) is 0 Å². The van der Waals surface area contributed by atoms with Crippen LogP contribution in [0.25, 0.3) is 0 Å². The molecular weight excluding hydrogens is 588 g/mol. The molecule has 0 fully saturated rings. The predicted octanol–water partition coefficient (Wildman–Crippen LogP) is 7.68. The molecule has 0 saturated carbocycles. The van der Waals surface area contributed by atoms with Crippen molar-refractivity contribution in [1.29, 1.82) is 0 Å². The number of ether oxygens (including phenoxy) is 6. The average molecular weight is 635 g/mol. The van der Waals surface area contributed by atoms with E-state index in [1.807, 2.05) is 42.5 Å². The monoisotopic (exact) mass is 634 g/mol. The first-order chi connectivity index (χ1) is 21.5. The van der Waals surface area contributed by atoms with E-state index in [1.165, 1.54) is 7.11 Å². The van der Waals surface area contributed by atoms with Gasteiger partial charge >= 0.3 is 5.97 Å². The Morgan fingerprint density at radius 3 is 2.27 bits per heavy atom. The molecule has 0 saturated heterocycles. The lowest BCUT2D eigenvalue weighted by Crippen LogP contribution is -2.41. The molecule has 1 aliphatic heterocycles. The molecule has 3 atom stereocenters. The number of methoxy groups -OCH3 is 2. The van der Waals surface area contributed by atoms with Crippen LogP contribution in [0.4, 0.5) is 0 Å². The summed E-state index contributed by atoms with van der Waals surface area (Å²) in [5.74, 6) is 1.86. The number of benzene rings is 3. The van der Waals surface area contributed by atoms with Gasteiger partial charge in [0.05, 0.1) is 33.4 Å². The third kappa shape index (κ3) is 6.65. The molecule has 1 heterocycles. The molecule has 45 heavy (non-hydrogen) atoms. The Balaban J connectivity index is 1.59. The van der Waals surface area contributed by atoms with E-state index >= 15 is 0 Å². The highest BCUT2D eigenvalue weighted by molar-refractivity contribution is 6.74. The van der Waals surface area contributed by atoms with Gasteiger partial charge in [0.15, 0.2) is 19.8 Å². The second-order valence-corrected chi connectivity index (χ2v) is 17.9. The van der Waals surface area contributed by atoms with Gasteiger partial charge in [0.1, 0.15) is 23.9 Å². The third-order valence-corrected chi connectivity index (χ3v) is 13.9. The van der Waals surface area contributed by atoms with Crippen LogP contribution in [0.5, 0.6) is 28.7 Å². The highest BCUT2D eigenvalue weighted by Crippen LogP contribution is 2.56. The molecule has 3 aromatic carbocycles. The highest BCUT2D eigenvalue weighted by atomic mass is 28.4. The van der Waals surface area contributed by atoms with E-state index in [4.69, 9.17) is 32.8 Å². The molecule has 9 heteroatoms. The van der Waals surface area contributed by atoms with Crippen molar-refractivity contribution in [3.63, 3.8) is 0 Å². The van der Waals surface area contributed by atoms with Gasteiger partial charge in [0, 0.05) is 23.5 Å². The van der Waals surface area contributed by atoms with Gasteiger partial charge in [-0.1, -0.05) is 45.9 Å². The van der Waals surface area contributed by atoms with Crippen molar-refractivity contribution >= 4 is 14.3 Å². The number of carbonyl (C=O) groups is 1. The molecule has 1 aliphatic carbocycles. The van der Waals surface area contributed by atoms with Gasteiger partial charge in [-0.15, -0.1) is 0 Å². The van der Waals surface area contributed by atoms with Crippen molar-refractivity contribution in [2.24, 2.45) is 5.92 Å². The summed E-state index contributed by atoms with van der Waals surface area (Å²) in [6.45, 7) is 14.8. The Morgan fingerprint density at radius 2 is 1.56 bits per heavy atom. The maximum absolute atomic E-state index is 13.8. The van der Waals surface area contributed by atoms with E-state index in [2.05, 4.69) is 52.9 Å². The number of carbonyl (C=O) groups excluding carboxylic acids is 1. The van der Waals surface area contributed by atoms with Crippen LogP contribution in [0.15, 0.2) is 54.6 Å². The summed E-state index contributed by atoms with van der Waals surface area (Å²) in [6.07, 6.45) is 0.887. The van der Waals surface area contributed by atoms with Gasteiger partial charge in [-0.25, -0.2) is 0 Å². The van der Waals surface area contributed by atoms with Crippen LogP contribution in [-0.4, -0.2) is 55.1 Å². The number of esters is 1. The molecule has 0 bridgehead atoms. The van der Waals surface area contributed by atoms with Crippen molar-refractivity contribution < 1.29 is 37.6 Å². The van der Waals surface area contributed by atoms with Crippen LogP contribution in [0.3, 0.4) is 0 Å². The van der Waals surface area contributed by atoms with Gasteiger partial charge in [0.2, 0.25) is 6.79 Å². The van der Waals surface area contributed by atoms with Crippen molar-refractivity contribution in [3.8, 4) is 28.7 Å². The minimum absolute atomic E-state index is 0.0940. The zero-order valence-corrected chi connectivity index (χ0v) is 28.7. The molecule has 0 aromatic heterocycles. The zero-order valence-electron chi connectivity index (χ0n) is 27.7. The van der Waals surface area contributed by atoms with Gasteiger partial charge in [0.25, 0.3) is 0 Å². The standard InChI is InChI=1S/C36H46O8Si/c1-9-16-40-25-12-13-26-28(20-25)33(34(35(37)39-6)32(26)23-10-15-29-31(19-23)43-22-42-29)27-14-11-24(38-5)21-30(27)41-17-18-44-45(7,8)36(2,3)4/h10-15,19-21,32-34H,9,16-18,22H2,1-8H3/t32-,33+,34+/m0/s1. The average Bonchev–Trinajstić information content (AvgIpc) is 3.63. The Bertz CT molecular complexity index is 1510. The second kappa shape index (κ2) is 13.3. The summed E-state index contributed by atoms with van der Waals surface area (Å²) in [4.78, 5) is 13.8. The van der Waals surface area contributed by atoms with E-state index < -0.39 is 14.2 Å².